The van der Waals surface area contributed by atoms with Gasteiger partial charge in [-0.1, -0.05) is 0 Å². The van der Waals surface area contributed by atoms with Crippen molar-refractivity contribution >= 4 is 33.3 Å². The molecule has 1 spiro atoms. The number of pyridine rings is 2. The monoisotopic (exact) mass is 563 g/mol. The quantitative estimate of drug-likeness (QED) is 0.430. The van der Waals surface area contributed by atoms with E-state index < -0.39 is 18.4 Å². The molecule has 0 aromatic carbocycles. The van der Waals surface area contributed by atoms with Crippen LogP contribution in [0, 0.1) is 5.41 Å². The molecule has 2 amide bonds. The van der Waals surface area contributed by atoms with Crippen LogP contribution in [0.25, 0.3) is 5.52 Å². The molecule has 0 saturated heterocycles. The molecule has 0 atom stereocenters. The van der Waals surface area contributed by atoms with Crippen molar-refractivity contribution in [3.63, 3.8) is 0 Å². The van der Waals surface area contributed by atoms with Gasteiger partial charge in [-0.15, -0.1) is 0 Å². The number of aromatic nitrogens is 3. The minimum Gasteiger partial charge on any atom is -0.486 e. The normalized spacial score (nSPS) is 23.1. The molecule has 0 radical (unpaired) electrons. The van der Waals surface area contributed by atoms with Crippen LogP contribution in [-0.2, 0) is 0 Å². The van der Waals surface area contributed by atoms with E-state index >= 15 is 0 Å². The number of halogens is 3. The molecule has 3 heterocycles. The average Bonchev–Trinajstić information content (AvgIpc) is 3.19. The summed E-state index contributed by atoms with van der Waals surface area (Å²) in [6.45, 7) is 0.0155. The minimum atomic E-state index is -2.96. The number of carbonyl (C=O) groups excluding carboxylic acids is 2. The third-order valence-corrected chi connectivity index (χ3v) is 7.21. The van der Waals surface area contributed by atoms with E-state index in [0.29, 0.717) is 15.6 Å². The van der Waals surface area contributed by atoms with Crippen LogP contribution in [0.2, 0.25) is 0 Å². The second kappa shape index (κ2) is 8.99. The Balaban J connectivity index is 1.16. The van der Waals surface area contributed by atoms with Gasteiger partial charge in [-0.05, 0) is 65.2 Å². The van der Waals surface area contributed by atoms with Crippen LogP contribution in [0.15, 0.2) is 41.3 Å². The van der Waals surface area contributed by atoms with E-state index in [1.54, 1.807) is 18.3 Å². The number of nitrogens with two attached hydrogens (primary N) is 1. The lowest BCUT2D eigenvalue weighted by atomic mass is 9.53. The summed E-state index contributed by atoms with van der Waals surface area (Å²) in [6, 6.07) is 4.79. The first-order valence-corrected chi connectivity index (χ1v) is 12.2. The number of hydrogen-bond acceptors (Lipinski definition) is 6. The molecule has 12 heteroatoms. The topological polar surface area (TPSA) is 121 Å². The maximum atomic E-state index is 13.1. The van der Waals surface area contributed by atoms with Crippen molar-refractivity contribution in [1.82, 2.24) is 19.9 Å². The smallest absolute Gasteiger partial charge is 0.278 e. The number of fused-ring (bicyclic) bond motifs is 1. The zero-order valence-electron chi connectivity index (χ0n) is 19.3. The van der Waals surface area contributed by atoms with Crippen molar-refractivity contribution in [1.29, 1.82) is 0 Å². The van der Waals surface area contributed by atoms with E-state index in [1.807, 2.05) is 0 Å². The molecule has 3 N–H and O–H groups in total. The fraction of sp³-hybridized carbons (Fsp3) is 0.417. The van der Waals surface area contributed by atoms with Gasteiger partial charge in [0, 0.05) is 23.6 Å². The van der Waals surface area contributed by atoms with Crippen molar-refractivity contribution in [3.05, 3.63) is 52.4 Å². The number of hydrogen-bond donors (Lipinski definition) is 2. The van der Waals surface area contributed by atoms with Crippen molar-refractivity contribution in [2.45, 2.75) is 50.7 Å². The number of ether oxygens (including phenoxy) is 2. The number of primary amides is 1. The van der Waals surface area contributed by atoms with Gasteiger partial charge in [0.1, 0.15) is 17.4 Å². The second-order valence-electron chi connectivity index (χ2n) is 9.68. The molecule has 2 aliphatic carbocycles. The summed E-state index contributed by atoms with van der Waals surface area (Å²) in [4.78, 5) is 28.6. The Morgan fingerprint density at radius 1 is 1.31 bits per heavy atom. The number of rotatable bonds is 8. The first kappa shape index (κ1) is 24.4. The van der Waals surface area contributed by atoms with Gasteiger partial charge in [0.2, 0.25) is 5.88 Å². The Bertz CT molecular complexity index is 1330. The van der Waals surface area contributed by atoms with Crippen LogP contribution in [0.5, 0.6) is 11.6 Å². The summed E-state index contributed by atoms with van der Waals surface area (Å²) in [5.74, 6) is -3.34. The van der Waals surface area contributed by atoms with Crippen LogP contribution < -0.4 is 20.5 Å². The van der Waals surface area contributed by atoms with Gasteiger partial charge < -0.3 is 20.5 Å². The number of nitrogens with zero attached hydrogens (tertiary/aromatic N) is 3. The van der Waals surface area contributed by atoms with Gasteiger partial charge >= 0.3 is 0 Å². The highest BCUT2D eigenvalue weighted by Crippen LogP contribution is 2.56. The Morgan fingerprint density at radius 3 is 2.75 bits per heavy atom. The van der Waals surface area contributed by atoms with Crippen molar-refractivity contribution in [2.75, 3.05) is 6.61 Å². The Kier molecular flexibility index (Phi) is 6.09. The fourth-order valence-corrected chi connectivity index (χ4v) is 5.63. The van der Waals surface area contributed by atoms with Gasteiger partial charge in [0.05, 0.1) is 23.5 Å². The molecule has 2 aliphatic rings. The van der Waals surface area contributed by atoms with Gasteiger partial charge in [-0.25, -0.2) is 18.3 Å². The third kappa shape index (κ3) is 4.86. The van der Waals surface area contributed by atoms with Gasteiger partial charge in [-0.3, -0.25) is 9.59 Å². The Labute approximate surface area is 213 Å². The van der Waals surface area contributed by atoms with E-state index in [2.05, 4.69) is 31.3 Å². The number of alkyl halides is 2. The summed E-state index contributed by atoms with van der Waals surface area (Å²) in [5, 5.41) is 7.24. The van der Waals surface area contributed by atoms with Crippen LogP contribution in [0.1, 0.15) is 53.3 Å². The molecule has 0 aliphatic heterocycles. The van der Waals surface area contributed by atoms with E-state index in [1.165, 1.54) is 23.0 Å². The molecule has 3 aromatic heterocycles. The van der Waals surface area contributed by atoms with Crippen LogP contribution in [0.4, 0.5) is 8.78 Å². The summed E-state index contributed by atoms with van der Waals surface area (Å²) >= 11 is 3.39. The standard InChI is InChI=1S/C24H24BrF2N5O4/c1-23(26,27)12-35-14-5-18(25)19-17(10-30-32(19)11-14)21(34)31-13-6-24(7-13)8-15(9-24)36-22-16(20(28)33)3-2-4-29-22/h2-5,10-11,13,15H,6-9,12H2,1H3,(H2,28,33)(H,31,34). The van der Waals surface area contributed by atoms with E-state index in [9.17, 15) is 18.4 Å². The van der Waals surface area contributed by atoms with Crippen molar-refractivity contribution in [3.8, 4) is 11.6 Å². The zero-order valence-corrected chi connectivity index (χ0v) is 20.9. The molecular weight excluding hydrogens is 540 g/mol. The maximum Gasteiger partial charge on any atom is 0.278 e. The average molecular weight is 564 g/mol. The lowest BCUT2D eigenvalue weighted by molar-refractivity contribution is -0.0848. The van der Waals surface area contributed by atoms with E-state index in [0.717, 1.165) is 32.6 Å². The molecule has 9 nitrogen and oxygen atoms in total. The lowest BCUT2D eigenvalue weighted by Crippen LogP contribution is -2.58. The number of carbonyl (C=O) groups is 2. The maximum absolute atomic E-state index is 13.1. The van der Waals surface area contributed by atoms with Crippen LogP contribution in [-0.4, -0.2) is 51.1 Å². The summed E-state index contributed by atoms with van der Waals surface area (Å²) in [5.41, 5.74) is 6.65. The largest absolute Gasteiger partial charge is 0.486 e. The Hall–Kier alpha value is -3.28. The van der Waals surface area contributed by atoms with Gasteiger partial charge in [0.25, 0.3) is 17.7 Å². The predicted molar refractivity (Wildman–Crippen MR) is 128 cm³/mol. The highest BCUT2D eigenvalue weighted by atomic mass is 79.9. The molecule has 36 heavy (non-hydrogen) atoms. The molecular formula is C24H24BrF2N5O4. The number of amides is 2. The van der Waals surface area contributed by atoms with Gasteiger partial charge in [-0.2, -0.15) is 5.10 Å². The summed E-state index contributed by atoms with van der Waals surface area (Å²) < 4.78 is 39.2. The summed E-state index contributed by atoms with van der Waals surface area (Å²) in [7, 11) is 0. The first-order chi connectivity index (χ1) is 17.0. The van der Waals surface area contributed by atoms with E-state index in [4.69, 9.17) is 15.2 Å². The van der Waals surface area contributed by atoms with Gasteiger partial charge in [0.15, 0.2) is 6.61 Å². The minimum absolute atomic E-state index is 0.0256. The molecule has 2 fully saturated rings. The molecule has 5 rings (SSSR count). The molecule has 0 unspecified atom stereocenters. The SMILES string of the molecule is CC(F)(F)COc1cc(Br)c2c(C(=O)NC3CC4(C3)CC(Oc3ncccc3C(N)=O)C4)cnn2c1. The molecule has 3 aromatic rings. The third-order valence-electron chi connectivity index (χ3n) is 6.61. The highest BCUT2D eigenvalue weighted by Gasteiger charge is 2.54. The molecule has 2 saturated carbocycles. The van der Waals surface area contributed by atoms with Crippen molar-refractivity contribution < 1.29 is 27.8 Å². The van der Waals surface area contributed by atoms with Crippen LogP contribution in [0.3, 0.4) is 0 Å². The highest BCUT2D eigenvalue weighted by molar-refractivity contribution is 9.10. The van der Waals surface area contributed by atoms with Crippen LogP contribution >= 0.6 is 15.9 Å². The molecule has 190 valence electrons. The predicted octanol–water partition coefficient (Wildman–Crippen LogP) is 3.74. The van der Waals surface area contributed by atoms with E-state index in [-0.39, 0.29) is 40.7 Å². The second-order valence-corrected chi connectivity index (χ2v) is 10.5. The molecule has 0 bridgehead atoms. The summed E-state index contributed by atoms with van der Waals surface area (Å²) in [6.07, 6.45) is 7.70. The van der Waals surface area contributed by atoms with Crippen molar-refractivity contribution in [2.24, 2.45) is 11.1 Å². The fourth-order valence-electron chi connectivity index (χ4n) is 5.01. The first-order valence-electron chi connectivity index (χ1n) is 11.4. The zero-order chi connectivity index (χ0) is 25.7. The Morgan fingerprint density at radius 2 is 2.06 bits per heavy atom. The number of nitrogens with one attached hydrogen (secondary N) is 1. The lowest BCUT2D eigenvalue weighted by Gasteiger charge is -2.57.